The van der Waals surface area contributed by atoms with Gasteiger partial charge in [-0.15, -0.1) is 0 Å². The van der Waals surface area contributed by atoms with E-state index in [0.29, 0.717) is 6.42 Å². The lowest BCUT2D eigenvalue weighted by molar-refractivity contribution is -0.136. The Bertz CT molecular complexity index is 336. The molecule has 0 heterocycles. The summed E-state index contributed by atoms with van der Waals surface area (Å²) in [5, 5.41) is 0. The SMILES string of the molecule is COC(C)(C)C(=O)Cc1ccc(C)cc1. The normalized spacial score (nSPS) is 11.5. The van der Waals surface area contributed by atoms with Gasteiger partial charge in [-0.2, -0.15) is 0 Å². The molecule has 82 valence electrons. The Hall–Kier alpha value is -1.15. The average molecular weight is 206 g/mol. The molecule has 1 rings (SSSR count). The van der Waals surface area contributed by atoms with Crippen molar-refractivity contribution in [2.45, 2.75) is 32.8 Å². The highest BCUT2D eigenvalue weighted by molar-refractivity contribution is 5.88. The van der Waals surface area contributed by atoms with Gasteiger partial charge < -0.3 is 4.74 Å². The number of methoxy groups -OCH3 is 1. The first kappa shape index (κ1) is 11.9. The summed E-state index contributed by atoms with van der Waals surface area (Å²) < 4.78 is 5.15. The monoisotopic (exact) mass is 206 g/mol. The van der Waals surface area contributed by atoms with Crippen LogP contribution in [0, 0.1) is 6.92 Å². The van der Waals surface area contributed by atoms with Crippen LogP contribution < -0.4 is 0 Å². The zero-order chi connectivity index (χ0) is 11.5. The molecule has 2 heteroatoms. The van der Waals surface area contributed by atoms with E-state index >= 15 is 0 Å². The summed E-state index contributed by atoms with van der Waals surface area (Å²) in [5.74, 6) is 0.105. The number of Topliss-reactive ketones (excluding diaryl/α,β-unsaturated/α-hetero) is 1. The van der Waals surface area contributed by atoms with Crippen LogP contribution in [-0.4, -0.2) is 18.5 Å². The fourth-order valence-electron chi connectivity index (χ4n) is 1.22. The van der Waals surface area contributed by atoms with Gasteiger partial charge in [0.05, 0.1) is 0 Å². The van der Waals surface area contributed by atoms with Gasteiger partial charge in [0.2, 0.25) is 0 Å². The first-order valence-electron chi connectivity index (χ1n) is 5.09. The molecule has 2 nitrogen and oxygen atoms in total. The second kappa shape index (κ2) is 4.58. The molecule has 0 aliphatic heterocycles. The summed E-state index contributed by atoms with van der Waals surface area (Å²) in [5.41, 5.74) is 1.55. The highest BCUT2D eigenvalue weighted by Gasteiger charge is 2.26. The summed E-state index contributed by atoms with van der Waals surface area (Å²) >= 11 is 0. The molecule has 0 spiro atoms. The second-order valence-electron chi connectivity index (χ2n) is 4.30. The Morgan fingerprint density at radius 2 is 1.80 bits per heavy atom. The summed E-state index contributed by atoms with van der Waals surface area (Å²) in [4.78, 5) is 11.8. The zero-order valence-electron chi connectivity index (χ0n) is 9.83. The number of ketones is 1. The molecular weight excluding hydrogens is 188 g/mol. The van der Waals surface area contributed by atoms with Crippen LogP contribution in [0.5, 0.6) is 0 Å². The first-order chi connectivity index (χ1) is 6.95. The minimum atomic E-state index is -0.690. The second-order valence-corrected chi connectivity index (χ2v) is 4.30. The molecule has 0 saturated heterocycles. The maximum absolute atomic E-state index is 11.8. The molecule has 15 heavy (non-hydrogen) atoms. The predicted octanol–water partition coefficient (Wildman–Crippen LogP) is 2.53. The van der Waals surface area contributed by atoms with Gasteiger partial charge in [-0.05, 0) is 26.3 Å². The lowest BCUT2D eigenvalue weighted by atomic mass is 9.96. The van der Waals surface area contributed by atoms with Crippen molar-refractivity contribution in [2.75, 3.05) is 7.11 Å². The van der Waals surface area contributed by atoms with Gasteiger partial charge in [0.15, 0.2) is 5.78 Å². The van der Waals surface area contributed by atoms with Crippen molar-refractivity contribution < 1.29 is 9.53 Å². The van der Waals surface area contributed by atoms with E-state index in [9.17, 15) is 4.79 Å². The molecule has 0 radical (unpaired) electrons. The number of benzene rings is 1. The zero-order valence-corrected chi connectivity index (χ0v) is 9.83. The van der Waals surface area contributed by atoms with Gasteiger partial charge in [0.25, 0.3) is 0 Å². The molecule has 0 fully saturated rings. The Morgan fingerprint density at radius 1 is 1.27 bits per heavy atom. The largest absolute Gasteiger partial charge is 0.371 e. The van der Waals surface area contributed by atoms with E-state index in [-0.39, 0.29) is 5.78 Å². The number of hydrogen-bond donors (Lipinski definition) is 0. The van der Waals surface area contributed by atoms with Crippen molar-refractivity contribution in [3.05, 3.63) is 35.4 Å². The number of hydrogen-bond acceptors (Lipinski definition) is 2. The van der Waals surface area contributed by atoms with E-state index in [4.69, 9.17) is 4.74 Å². The van der Waals surface area contributed by atoms with Gasteiger partial charge in [-0.25, -0.2) is 0 Å². The van der Waals surface area contributed by atoms with Crippen LogP contribution in [0.15, 0.2) is 24.3 Å². The van der Waals surface area contributed by atoms with E-state index in [0.717, 1.165) is 5.56 Å². The molecule has 1 aromatic carbocycles. The molecule has 0 atom stereocenters. The van der Waals surface area contributed by atoms with Gasteiger partial charge in [-0.1, -0.05) is 29.8 Å². The summed E-state index contributed by atoms with van der Waals surface area (Å²) in [7, 11) is 1.56. The first-order valence-corrected chi connectivity index (χ1v) is 5.09. The Morgan fingerprint density at radius 3 is 2.27 bits per heavy atom. The standard InChI is InChI=1S/C13H18O2/c1-10-5-7-11(8-6-10)9-12(14)13(2,3)15-4/h5-8H,9H2,1-4H3. The summed E-state index contributed by atoms with van der Waals surface area (Å²) in [6.07, 6.45) is 0.432. The Labute approximate surface area is 91.3 Å². The maximum Gasteiger partial charge on any atom is 0.168 e. The summed E-state index contributed by atoms with van der Waals surface area (Å²) in [6, 6.07) is 8.00. The summed E-state index contributed by atoms with van der Waals surface area (Å²) in [6.45, 7) is 5.62. The fourth-order valence-corrected chi connectivity index (χ4v) is 1.22. The van der Waals surface area contributed by atoms with Crippen molar-refractivity contribution in [1.82, 2.24) is 0 Å². The van der Waals surface area contributed by atoms with Crippen LogP contribution >= 0.6 is 0 Å². The maximum atomic E-state index is 11.8. The van der Waals surface area contributed by atoms with Gasteiger partial charge in [-0.3, -0.25) is 4.79 Å². The van der Waals surface area contributed by atoms with Crippen LogP contribution in [0.3, 0.4) is 0 Å². The molecule has 0 aliphatic rings. The number of ether oxygens (including phenoxy) is 1. The lowest BCUT2D eigenvalue weighted by Crippen LogP contribution is -2.35. The van der Waals surface area contributed by atoms with Crippen molar-refractivity contribution in [3.63, 3.8) is 0 Å². The van der Waals surface area contributed by atoms with Crippen molar-refractivity contribution in [1.29, 1.82) is 0 Å². The molecule has 0 aliphatic carbocycles. The average Bonchev–Trinajstić information content (AvgIpc) is 2.21. The number of aryl methyl sites for hydroxylation is 1. The van der Waals surface area contributed by atoms with Crippen molar-refractivity contribution >= 4 is 5.78 Å². The number of carbonyl (C=O) groups is 1. The van der Waals surface area contributed by atoms with Gasteiger partial charge >= 0.3 is 0 Å². The quantitative estimate of drug-likeness (QED) is 0.756. The van der Waals surface area contributed by atoms with E-state index in [2.05, 4.69) is 0 Å². The van der Waals surface area contributed by atoms with E-state index < -0.39 is 5.60 Å². The number of rotatable bonds is 4. The molecule has 0 unspecified atom stereocenters. The topological polar surface area (TPSA) is 26.3 Å². The van der Waals surface area contributed by atoms with Gasteiger partial charge in [0, 0.05) is 13.5 Å². The smallest absolute Gasteiger partial charge is 0.168 e. The van der Waals surface area contributed by atoms with Crippen molar-refractivity contribution in [2.24, 2.45) is 0 Å². The van der Waals surface area contributed by atoms with E-state index in [1.165, 1.54) is 5.56 Å². The van der Waals surface area contributed by atoms with Crippen LogP contribution in [0.2, 0.25) is 0 Å². The van der Waals surface area contributed by atoms with E-state index in [1.807, 2.05) is 31.2 Å². The molecular formula is C13H18O2. The predicted molar refractivity (Wildman–Crippen MR) is 61.0 cm³/mol. The van der Waals surface area contributed by atoms with Crippen molar-refractivity contribution in [3.8, 4) is 0 Å². The molecule has 1 aromatic rings. The third kappa shape index (κ3) is 3.17. The molecule has 0 aromatic heterocycles. The fraction of sp³-hybridized carbons (Fsp3) is 0.462. The number of carbonyl (C=O) groups excluding carboxylic acids is 1. The van der Waals surface area contributed by atoms with Crippen LogP contribution in [0.1, 0.15) is 25.0 Å². The van der Waals surface area contributed by atoms with Crippen LogP contribution in [-0.2, 0) is 16.0 Å². The highest BCUT2D eigenvalue weighted by Crippen LogP contribution is 2.13. The molecule has 0 bridgehead atoms. The molecule has 0 amide bonds. The third-order valence-electron chi connectivity index (χ3n) is 2.67. The minimum absolute atomic E-state index is 0.105. The third-order valence-corrected chi connectivity index (χ3v) is 2.67. The Kier molecular flexibility index (Phi) is 3.64. The molecule has 0 N–H and O–H groups in total. The molecule has 0 saturated carbocycles. The minimum Gasteiger partial charge on any atom is -0.371 e. The van der Waals surface area contributed by atoms with Crippen LogP contribution in [0.25, 0.3) is 0 Å². The Balaban J connectivity index is 2.71. The van der Waals surface area contributed by atoms with Crippen LogP contribution in [0.4, 0.5) is 0 Å². The van der Waals surface area contributed by atoms with E-state index in [1.54, 1.807) is 21.0 Å². The lowest BCUT2D eigenvalue weighted by Gasteiger charge is -2.21. The van der Waals surface area contributed by atoms with Gasteiger partial charge in [0.1, 0.15) is 5.60 Å². The highest BCUT2D eigenvalue weighted by atomic mass is 16.5.